The summed E-state index contributed by atoms with van der Waals surface area (Å²) in [5, 5.41) is 4.26. The van der Waals surface area contributed by atoms with Gasteiger partial charge < -0.3 is 14.5 Å². The number of amides is 2. The van der Waals surface area contributed by atoms with E-state index in [0.29, 0.717) is 39.3 Å². The second-order valence-electron chi connectivity index (χ2n) is 7.00. The molecule has 2 aromatic rings. The molecule has 8 heteroatoms. The summed E-state index contributed by atoms with van der Waals surface area (Å²) in [6.07, 6.45) is 0.715. The molecule has 0 spiro atoms. The maximum atomic E-state index is 13.0. The molecule has 0 radical (unpaired) electrons. The first-order valence-electron chi connectivity index (χ1n) is 9.70. The summed E-state index contributed by atoms with van der Waals surface area (Å²) in [6, 6.07) is 6.62. The van der Waals surface area contributed by atoms with Crippen LogP contribution in [0.3, 0.4) is 0 Å². The largest absolute Gasteiger partial charge is 0.450 e. The lowest BCUT2D eigenvalue weighted by molar-refractivity contribution is -0.134. The lowest BCUT2D eigenvalue weighted by atomic mass is 9.98. The Bertz CT molecular complexity index is 813. The highest BCUT2D eigenvalue weighted by Gasteiger charge is 2.33. The zero-order chi connectivity index (χ0) is 19.5. The summed E-state index contributed by atoms with van der Waals surface area (Å²) in [4.78, 5) is 33.4. The summed E-state index contributed by atoms with van der Waals surface area (Å²) >= 11 is 3.57. The van der Waals surface area contributed by atoms with Crippen LogP contribution in [0.25, 0.3) is 0 Å². The molecule has 1 atom stereocenters. The maximum Gasteiger partial charge on any atom is 0.409 e. The van der Waals surface area contributed by atoms with Crippen molar-refractivity contribution >= 4 is 34.7 Å². The Morgan fingerprint density at radius 2 is 1.86 bits per heavy atom. The fourth-order valence-corrected chi connectivity index (χ4v) is 5.73. The lowest BCUT2D eigenvalue weighted by Gasteiger charge is -2.38. The third-order valence-electron chi connectivity index (χ3n) is 5.38. The van der Waals surface area contributed by atoms with E-state index in [1.54, 1.807) is 23.2 Å². The zero-order valence-electron chi connectivity index (χ0n) is 16.0. The van der Waals surface area contributed by atoms with E-state index >= 15 is 0 Å². The molecule has 0 aromatic carbocycles. The SMILES string of the molecule is CCOC(=O)N1CCN(C(=O)CN2CCc3sccc3[C@@H]2c2cccs2)CC1. The fourth-order valence-electron chi connectivity index (χ4n) is 3.95. The van der Waals surface area contributed by atoms with Gasteiger partial charge in [-0.1, -0.05) is 6.07 Å². The van der Waals surface area contributed by atoms with Crippen molar-refractivity contribution in [3.63, 3.8) is 0 Å². The number of hydrogen-bond donors (Lipinski definition) is 0. The van der Waals surface area contributed by atoms with E-state index in [2.05, 4.69) is 33.9 Å². The minimum atomic E-state index is -0.284. The van der Waals surface area contributed by atoms with Crippen molar-refractivity contribution in [2.75, 3.05) is 45.9 Å². The van der Waals surface area contributed by atoms with Gasteiger partial charge in [-0.05, 0) is 41.8 Å². The molecule has 0 saturated carbocycles. The van der Waals surface area contributed by atoms with Gasteiger partial charge in [-0.15, -0.1) is 22.7 Å². The minimum Gasteiger partial charge on any atom is -0.450 e. The van der Waals surface area contributed by atoms with Gasteiger partial charge in [0.2, 0.25) is 5.91 Å². The van der Waals surface area contributed by atoms with Crippen molar-refractivity contribution in [2.24, 2.45) is 0 Å². The van der Waals surface area contributed by atoms with Crippen LogP contribution in [-0.4, -0.2) is 72.6 Å². The third kappa shape index (κ3) is 3.94. The Hall–Kier alpha value is -1.90. The molecule has 1 saturated heterocycles. The molecule has 0 N–H and O–H groups in total. The van der Waals surface area contributed by atoms with Gasteiger partial charge in [-0.2, -0.15) is 0 Å². The minimum absolute atomic E-state index is 0.142. The molecule has 28 heavy (non-hydrogen) atoms. The van der Waals surface area contributed by atoms with Crippen LogP contribution in [0, 0.1) is 0 Å². The predicted molar refractivity (Wildman–Crippen MR) is 111 cm³/mol. The molecule has 6 nitrogen and oxygen atoms in total. The number of thiophene rings is 2. The number of hydrogen-bond acceptors (Lipinski definition) is 6. The number of fused-ring (bicyclic) bond motifs is 1. The van der Waals surface area contributed by atoms with Crippen LogP contribution in [0.4, 0.5) is 4.79 Å². The van der Waals surface area contributed by atoms with Crippen LogP contribution < -0.4 is 0 Å². The second kappa shape index (κ2) is 8.63. The van der Waals surface area contributed by atoms with Crippen LogP contribution in [0.15, 0.2) is 29.0 Å². The fraction of sp³-hybridized carbons (Fsp3) is 0.500. The number of carbonyl (C=O) groups excluding carboxylic acids is 2. The Balaban J connectivity index is 1.41. The molecule has 0 aliphatic carbocycles. The molecule has 2 aliphatic heterocycles. The summed E-state index contributed by atoms with van der Waals surface area (Å²) in [5.41, 5.74) is 1.35. The van der Waals surface area contributed by atoms with Gasteiger partial charge in [0.05, 0.1) is 19.2 Å². The smallest absolute Gasteiger partial charge is 0.409 e. The Morgan fingerprint density at radius 1 is 1.07 bits per heavy atom. The molecule has 150 valence electrons. The zero-order valence-corrected chi connectivity index (χ0v) is 17.6. The van der Waals surface area contributed by atoms with Gasteiger partial charge in [0.1, 0.15) is 0 Å². The quantitative estimate of drug-likeness (QED) is 0.764. The van der Waals surface area contributed by atoms with Crippen molar-refractivity contribution < 1.29 is 14.3 Å². The average molecular weight is 420 g/mol. The number of nitrogens with zero attached hydrogens (tertiary/aromatic N) is 3. The highest BCUT2D eigenvalue weighted by molar-refractivity contribution is 7.10. The molecule has 2 aromatic heterocycles. The second-order valence-corrected chi connectivity index (χ2v) is 8.98. The molecular weight excluding hydrogens is 394 g/mol. The average Bonchev–Trinajstić information content (AvgIpc) is 3.40. The Kier molecular flexibility index (Phi) is 5.99. The number of ether oxygens (including phenoxy) is 1. The van der Waals surface area contributed by atoms with Crippen molar-refractivity contribution in [1.29, 1.82) is 0 Å². The first-order valence-corrected chi connectivity index (χ1v) is 11.5. The van der Waals surface area contributed by atoms with Crippen LogP contribution in [-0.2, 0) is 16.0 Å². The van der Waals surface area contributed by atoms with E-state index in [1.807, 2.05) is 16.2 Å². The molecule has 4 heterocycles. The van der Waals surface area contributed by atoms with Crippen molar-refractivity contribution in [3.05, 3.63) is 44.3 Å². The van der Waals surface area contributed by atoms with E-state index in [1.165, 1.54) is 15.3 Å². The van der Waals surface area contributed by atoms with Crippen molar-refractivity contribution in [1.82, 2.24) is 14.7 Å². The van der Waals surface area contributed by atoms with Gasteiger partial charge in [0, 0.05) is 42.5 Å². The highest BCUT2D eigenvalue weighted by atomic mass is 32.1. The molecule has 2 amide bonds. The standard InChI is InChI=1S/C20H25N3O3S2/c1-2-26-20(25)22-10-8-21(9-11-22)18(24)14-23-7-5-16-15(6-13-28-16)19(23)17-4-3-12-27-17/h3-4,6,12-13,19H,2,5,7-11,14H2,1H3/t19-/m1/s1. The van der Waals surface area contributed by atoms with E-state index in [9.17, 15) is 9.59 Å². The summed E-state index contributed by atoms with van der Waals surface area (Å²) < 4.78 is 5.06. The van der Waals surface area contributed by atoms with Gasteiger partial charge in [0.25, 0.3) is 0 Å². The highest BCUT2D eigenvalue weighted by Crippen LogP contribution is 2.39. The van der Waals surface area contributed by atoms with Crippen molar-refractivity contribution in [3.8, 4) is 0 Å². The summed E-state index contributed by atoms with van der Waals surface area (Å²) in [7, 11) is 0. The van der Waals surface area contributed by atoms with Gasteiger partial charge in [-0.25, -0.2) is 4.79 Å². The van der Waals surface area contributed by atoms with Crippen LogP contribution in [0.1, 0.15) is 28.3 Å². The monoisotopic (exact) mass is 419 g/mol. The van der Waals surface area contributed by atoms with E-state index in [-0.39, 0.29) is 18.0 Å². The van der Waals surface area contributed by atoms with E-state index in [0.717, 1.165) is 13.0 Å². The molecule has 0 unspecified atom stereocenters. The number of piperazine rings is 1. The Morgan fingerprint density at radius 3 is 2.57 bits per heavy atom. The first-order chi connectivity index (χ1) is 13.7. The van der Waals surface area contributed by atoms with E-state index < -0.39 is 0 Å². The summed E-state index contributed by atoms with van der Waals surface area (Å²) in [5.74, 6) is 0.142. The van der Waals surface area contributed by atoms with Crippen molar-refractivity contribution in [2.45, 2.75) is 19.4 Å². The molecule has 1 fully saturated rings. The van der Waals surface area contributed by atoms with Crippen LogP contribution >= 0.6 is 22.7 Å². The third-order valence-corrected chi connectivity index (χ3v) is 7.30. The van der Waals surface area contributed by atoms with Gasteiger partial charge >= 0.3 is 6.09 Å². The van der Waals surface area contributed by atoms with Crippen LogP contribution in [0.2, 0.25) is 0 Å². The topological polar surface area (TPSA) is 53.1 Å². The summed E-state index contributed by atoms with van der Waals surface area (Å²) in [6.45, 7) is 5.70. The van der Waals surface area contributed by atoms with E-state index in [4.69, 9.17) is 4.74 Å². The van der Waals surface area contributed by atoms with Gasteiger partial charge in [-0.3, -0.25) is 9.69 Å². The Labute approximate surface area is 173 Å². The maximum absolute atomic E-state index is 13.0. The molecule has 4 rings (SSSR count). The van der Waals surface area contributed by atoms with Gasteiger partial charge in [0.15, 0.2) is 0 Å². The predicted octanol–water partition coefficient (Wildman–Crippen LogP) is 3.06. The normalized spacial score (nSPS) is 20.1. The molecule has 0 bridgehead atoms. The molecule has 2 aliphatic rings. The number of carbonyl (C=O) groups is 2. The first kappa shape index (κ1) is 19.4. The number of rotatable bonds is 4. The van der Waals surface area contributed by atoms with Crippen LogP contribution in [0.5, 0.6) is 0 Å². The lowest BCUT2D eigenvalue weighted by Crippen LogP contribution is -2.53. The molecular formula is C20H25N3O3S2.